The normalized spacial score (nSPS) is 15.4. The van der Waals surface area contributed by atoms with Crippen LogP contribution in [0.1, 0.15) is 54.6 Å². The van der Waals surface area contributed by atoms with Crippen LogP contribution in [0.5, 0.6) is 0 Å². The first-order valence-electron chi connectivity index (χ1n) is 26.1. The number of benzene rings is 9. The molecule has 0 amide bonds. The van der Waals surface area contributed by atoms with Crippen molar-refractivity contribution in [2.75, 3.05) is 0 Å². The highest BCUT2D eigenvalue weighted by Gasteiger charge is 2.41. The van der Waals surface area contributed by atoms with Crippen molar-refractivity contribution < 1.29 is 11.0 Å². The number of nitrogens with zero attached hydrogens (tertiary/aromatic N) is 2. The second-order valence-corrected chi connectivity index (χ2v) is 20.6. The maximum absolute atomic E-state index is 9.87. The van der Waals surface area contributed by atoms with E-state index in [0.29, 0.717) is 17.0 Å². The molecule has 63 heavy (non-hydrogen) atoms. The maximum atomic E-state index is 9.87. The number of para-hydroxylation sites is 2. The molecule has 2 nitrogen and oxygen atoms in total. The molecule has 1 aliphatic rings. The molecule has 12 rings (SSSR count). The Morgan fingerprint density at radius 2 is 0.841 bits per heavy atom. The van der Waals surface area contributed by atoms with Crippen LogP contribution in [0.2, 0.25) is 0 Å². The molecule has 1 aliphatic carbocycles. The first kappa shape index (κ1) is 29.9. The predicted octanol–water partition coefficient (Wildman–Crippen LogP) is 13.0. The molecule has 0 atom stereocenters. The highest BCUT2D eigenvalue weighted by atomic mass is 28.3. The topological polar surface area (TPSA) is 9.86 Å². The molecule has 2 heterocycles. The zero-order valence-corrected chi connectivity index (χ0v) is 35.8. The van der Waals surface area contributed by atoms with Crippen LogP contribution in [0.25, 0.3) is 66.1 Å². The van der Waals surface area contributed by atoms with E-state index < -0.39 is 32.2 Å². The van der Waals surface area contributed by atoms with Crippen molar-refractivity contribution in [3.63, 3.8) is 0 Å². The van der Waals surface area contributed by atoms with E-state index in [0.717, 1.165) is 48.4 Å². The quantitative estimate of drug-likeness (QED) is 0.107. The minimum Gasteiger partial charge on any atom is -0.309 e. The van der Waals surface area contributed by atoms with Crippen molar-refractivity contribution in [1.82, 2.24) is 9.13 Å². The molecule has 0 saturated heterocycles. The van der Waals surface area contributed by atoms with Gasteiger partial charge in [0.25, 0.3) is 0 Å². The number of hydrogen-bond donors (Lipinski definition) is 0. The van der Waals surface area contributed by atoms with Crippen LogP contribution < -0.4 is 20.7 Å². The summed E-state index contributed by atoms with van der Waals surface area (Å²) in [5.41, 5.74) is 5.27. The summed E-state index contributed by atoms with van der Waals surface area (Å²) >= 11 is 0. The molecule has 2 aromatic heterocycles. The Kier molecular flexibility index (Phi) is 7.42. The van der Waals surface area contributed by atoms with Crippen molar-refractivity contribution in [1.29, 1.82) is 0 Å². The Balaban J connectivity index is 1.07. The lowest BCUT2D eigenvalue weighted by Crippen LogP contribution is -2.74. The first-order valence-corrected chi connectivity index (χ1v) is 24.1. The maximum Gasteiger partial charge on any atom is 0.179 e. The van der Waals surface area contributed by atoms with E-state index in [4.69, 9.17) is 0 Å². The van der Waals surface area contributed by atoms with Crippen LogP contribution >= 0.6 is 0 Å². The van der Waals surface area contributed by atoms with Gasteiger partial charge in [-0.15, -0.1) is 0 Å². The van der Waals surface area contributed by atoms with E-state index in [1.165, 1.54) is 43.1 Å². The fraction of sp³-hybridized carbons (Fsp3) is 0.100. The van der Waals surface area contributed by atoms with Crippen molar-refractivity contribution in [3.05, 3.63) is 230 Å². The third-order valence-corrected chi connectivity index (χ3v) is 18.0. The first-order chi connectivity index (χ1) is 34.6. The van der Waals surface area contributed by atoms with Crippen molar-refractivity contribution in [2.45, 2.75) is 38.0 Å². The Labute approximate surface area is 381 Å². The fourth-order valence-corrected chi connectivity index (χ4v) is 14.9. The zero-order chi connectivity index (χ0) is 48.7. The van der Waals surface area contributed by atoms with Gasteiger partial charge in [0, 0.05) is 32.9 Å². The largest absolute Gasteiger partial charge is 0.309 e. The summed E-state index contributed by atoms with van der Waals surface area (Å²) in [7, 11) is -3.58. The molecule has 1 saturated carbocycles. The van der Waals surface area contributed by atoms with E-state index >= 15 is 0 Å². The Hall–Kier alpha value is -7.20. The average molecular weight is 833 g/mol. The van der Waals surface area contributed by atoms with E-state index in [2.05, 4.69) is 65.2 Å². The second kappa shape index (κ2) is 15.6. The molecule has 302 valence electrons. The molecule has 0 bridgehead atoms. The number of rotatable bonds is 8. The summed E-state index contributed by atoms with van der Waals surface area (Å²) in [6, 6.07) is 55.6. The lowest BCUT2D eigenvalue weighted by molar-refractivity contribution is 0.444. The van der Waals surface area contributed by atoms with Gasteiger partial charge in [0.2, 0.25) is 0 Å². The summed E-state index contributed by atoms with van der Waals surface area (Å²) in [6.45, 7) is 0. The van der Waals surface area contributed by atoms with Gasteiger partial charge in [-0.1, -0.05) is 195 Å². The molecule has 9 aromatic carbocycles. The van der Waals surface area contributed by atoms with Gasteiger partial charge in [0.1, 0.15) is 0 Å². The predicted molar refractivity (Wildman–Crippen MR) is 270 cm³/mol. The molecular weight excluding hydrogens is 777 g/mol. The van der Waals surface area contributed by atoms with Gasteiger partial charge < -0.3 is 9.13 Å². The van der Waals surface area contributed by atoms with Gasteiger partial charge in [0.15, 0.2) is 8.07 Å². The van der Waals surface area contributed by atoms with Crippen LogP contribution in [0.4, 0.5) is 0 Å². The van der Waals surface area contributed by atoms with E-state index in [1.807, 2.05) is 120 Å². The van der Waals surface area contributed by atoms with Gasteiger partial charge in [-0.05, 0) is 105 Å². The van der Waals surface area contributed by atoms with Crippen LogP contribution in [-0.2, 0) is 0 Å². The molecule has 3 heteroatoms. The molecule has 0 spiro atoms. The van der Waals surface area contributed by atoms with Crippen molar-refractivity contribution in [2.24, 2.45) is 0 Å². The summed E-state index contributed by atoms with van der Waals surface area (Å²) in [5, 5.41) is 6.97. The summed E-state index contributed by atoms with van der Waals surface area (Å²) in [6.07, 6.45) is 6.23. The van der Waals surface area contributed by atoms with Crippen molar-refractivity contribution in [3.8, 4) is 22.5 Å². The van der Waals surface area contributed by atoms with Gasteiger partial charge >= 0.3 is 0 Å². The highest BCUT2D eigenvalue weighted by Crippen LogP contribution is 2.40. The van der Waals surface area contributed by atoms with E-state index in [1.54, 1.807) is 0 Å². The van der Waals surface area contributed by atoms with Crippen LogP contribution in [0, 0.1) is 0 Å². The standard InChI is InChI=1S/C60H48N2Si/c1-5-17-43(18-6-1)46-33-40-59-56(41-46)54-26-14-16-28-58(54)62(59)48-36-39-55-53-25-13-15-27-57(53)61(60(55)42-48)47-34-29-44(30-35-47)45-31-37-52(38-32-45)63(49-19-7-2-8-20-49,50-21-9-3-10-22-50)51-23-11-4-12-24-51/h2-4,7-16,19-43H,1,5-6,17-18H2/i29D,30D,31D,32D,34D,35D,37D,38D. The Morgan fingerprint density at radius 1 is 0.365 bits per heavy atom. The van der Waals surface area contributed by atoms with E-state index in [9.17, 15) is 11.0 Å². The molecule has 0 aliphatic heterocycles. The van der Waals surface area contributed by atoms with Gasteiger partial charge in [-0.25, -0.2) is 0 Å². The Morgan fingerprint density at radius 3 is 1.43 bits per heavy atom. The molecule has 11 aromatic rings. The SMILES string of the molecule is [2H]c1c([2H])c(-n2c3ccccc3c3ccc(-n4c5ccccc5c5cc(C6CCCCC6)ccc54)cc32)c([2H])c([2H])c1-c1c([2H])c([2H])c([Si](c2ccccc2)(c2ccccc2)c2ccccc2)c([2H])c1[2H]. The monoisotopic (exact) mass is 832 g/mol. The average Bonchev–Trinajstić information content (AvgIpc) is 3.93. The minimum atomic E-state index is -3.58. The smallest absolute Gasteiger partial charge is 0.179 e. The summed E-state index contributed by atoms with van der Waals surface area (Å²) in [5.74, 6) is 0.554. The van der Waals surface area contributed by atoms with Gasteiger partial charge in [-0.3, -0.25) is 0 Å². The number of aromatic nitrogens is 2. The minimum absolute atomic E-state index is 0.0296. The van der Waals surface area contributed by atoms with Crippen molar-refractivity contribution >= 4 is 72.4 Å². The molecule has 0 radical (unpaired) electrons. The lowest BCUT2D eigenvalue weighted by atomic mass is 9.84. The van der Waals surface area contributed by atoms with Gasteiger partial charge in [0.05, 0.1) is 33.0 Å². The van der Waals surface area contributed by atoms with Crippen LogP contribution in [-0.4, -0.2) is 17.2 Å². The lowest BCUT2D eigenvalue weighted by Gasteiger charge is -2.34. The fourth-order valence-electron chi connectivity index (χ4n) is 10.5. The van der Waals surface area contributed by atoms with E-state index in [-0.39, 0.29) is 46.2 Å². The molecular formula is C60H48N2Si. The second-order valence-electron chi connectivity index (χ2n) is 16.8. The highest BCUT2D eigenvalue weighted by molar-refractivity contribution is 7.19. The number of fused-ring (bicyclic) bond motifs is 6. The Bertz CT molecular complexity index is 3750. The summed E-state index contributed by atoms with van der Waals surface area (Å²) in [4.78, 5) is 0. The number of hydrogen-bond acceptors (Lipinski definition) is 0. The van der Waals surface area contributed by atoms with Crippen LogP contribution in [0.3, 0.4) is 0 Å². The molecule has 0 N–H and O–H groups in total. The third kappa shape index (κ3) is 6.21. The van der Waals surface area contributed by atoms with Crippen LogP contribution in [0.15, 0.2) is 224 Å². The summed E-state index contributed by atoms with van der Waals surface area (Å²) < 4.78 is 82.2. The van der Waals surface area contributed by atoms with Gasteiger partial charge in [-0.2, -0.15) is 0 Å². The third-order valence-electron chi connectivity index (χ3n) is 13.4. The molecule has 0 unspecified atom stereocenters. The molecule has 1 fully saturated rings. The zero-order valence-electron chi connectivity index (χ0n) is 42.8.